The molecule has 1 fully saturated rings. The predicted molar refractivity (Wildman–Crippen MR) is 101 cm³/mol. The molecule has 2 aromatic rings. The van der Waals surface area contributed by atoms with Crippen molar-refractivity contribution in [1.82, 2.24) is 4.90 Å². The normalized spacial score (nSPS) is 24.2. The third-order valence-electron chi connectivity index (χ3n) is 5.21. The number of likely N-dealkylation sites (tertiary alicyclic amines) is 1. The Kier molecular flexibility index (Phi) is 5.67. The maximum atomic E-state index is 12.7. The van der Waals surface area contributed by atoms with E-state index in [1.807, 2.05) is 36.4 Å². The Morgan fingerprint density at radius 1 is 1.00 bits per heavy atom. The fourth-order valence-electron chi connectivity index (χ4n) is 3.95. The van der Waals surface area contributed by atoms with Crippen molar-refractivity contribution in [2.45, 2.75) is 51.3 Å². The van der Waals surface area contributed by atoms with Gasteiger partial charge in [0.25, 0.3) is 0 Å². The molecule has 0 radical (unpaired) electrons. The quantitative estimate of drug-likeness (QED) is 0.904. The first-order valence-corrected chi connectivity index (χ1v) is 9.13. The van der Waals surface area contributed by atoms with Crippen molar-refractivity contribution in [2.75, 3.05) is 6.54 Å². The SMILES string of the molecule is CC1CC(O)CC(C)N1CC(=O)Cc1ccccc1-c1ccccc1. The number of aliphatic hydroxyl groups excluding tert-OH is 1. The van der Waals surface area contributed by atoms with E-state index in [1.165, 1.54) is 0 Å². The molecule has 0 spiro atoms. The Hall–Kier alpha value is -1.97. The summed E-state index contributed by atoms with van der Waals surface area (Å²) in [5.74, 6) is 0.235. The smallest absolute Gasteiger partial charge is 0.151 e. The number of Topliss-reactive ketones (excluding diaryl/α,β-unsaturated/α-hetero) is 1. The summed E-state index contributed by atoms with van der Waals surface area (Å²) in [5, 5.41) is 9.89. The first-order valence-electron chi connectivity index (χ1n) is 9.13. The fraction of sp³-hybridized carbons (Fsp3) is 0.409. The maximum absolute atomic E-state index is 12.7. The van der Waals surface area contributed by atoms with Crippen LogP contribution in [0.2, 0.25) is 0 Å². The number of carbonyl (C=O) groups excluding carboxylic acids is 1. The molecule has 25 heavy (non-hydrogen) atoms. The van der Waals surface area contributed by atoms with E-state index in [9.17, 15) is 9.90 Å². The van der Waals surface area contributed by atoms with Crippen LogP contribution in [0, 0.1) is 0 Å². The van der Waals surface area contributed by atoms with E-state index in [4.69, 9.17) is 0 Å². The summed E-state index contributed by atoms with van der Waals surface area (Å²) in [6.45, 7) is 4.66. The van der Waals surface area contributed by atoms with Gasteiger partial charge in [-0.05, 0) is 43.4 Å². The molecular weight excluding hydrogens is 310 g/mol. The Bertz CT molecular complexity index is 701. The lowest BCUT2D eigenvalue weighted by Crippen LogP contribution is -2.50. The van der Waals surface area contributed by atoms with Crippen LogP contribution in [0.3, 0.4) is 0 Å². The van der Waals surface area contributed by atoms with Gasteiger partial charge in [0.05, 0.1) is 12.6 Å². The van der Waals surface area contributed by atoms with Gasteiger partial charge in [-0.1, -0.05) is 54.6 Å². The second-order valence-electron chi connectivity index (χ2n) is 7.23. The minimum absolute atomic E-state index is 0.235. The molecule has 1 aliphatic rings. The zero-order valence-electron chi connectivity index (χ0n) is 15.1. The molecule has 2 unspecified atom stereocenters. The highest BCUT2D eigenvalue weighted by molar-refractivity contribution is 5.85. The molecule has 3 rings (SSSR count). The monoisotopic (exact) mass is 337 g/mol. The molecule has 0 amide bonds. The largest absolute Gasteiger partial charge is 0.393 e. The van der Waals surface area contributed by atoms with Gasteiger partial charge in [-0.15, -0.1) is 0 Å². The van der Waals surface area contributed by atoms with Crippen LogP contribution in [0.4, 0.5) is 0 Å². The molecule has 0 saturated carbocycles. The molecule has 1 N–H and O–H groups in total. The van der Waals surface area contributed by atoms with Gasteiger partial charge in [0.2, 0.25) is 0 Å². The second-order valence-corrected chi connectivity index (χ2v) is 7.23. The van der Waals surface area contributed by atoms with E-state index in [0.717, 1.165) is 29.5 Å². The number of hydrogen-bond donors (Lipinski definition) is 1. The van der Waals surface area contributed by atoms with Crippen LogP contribution in [-0.2, 0) is 11.2 Å². The van der Waals surface area contributed by atoms with Gasteiger partial charge in [-0.3, -0.25) is 9.69 Å². The van der Waals surface area contributed by atoms with Gasteiger partial charge in [0.1, 0.15) is 0 Å². The van der Waals surface area contributed by atoms with Crippen molar-refractivity contribution in [1.29, 1.82) is 0 Å². The minimum Gasteiger partial charge on any atom is -0.393 e. The molecular formula is C22H27NO2. The van der Waals surface area contributed by atoms with Gasteiger partial charge in [-0.25, -0.2) is 0 Å². The van der Waals surface area contributed by atoms with Crippen molar-refractivity contribution in [2.24, 2.45) is 0 Å². The molecule has 1 heterocycles. The number of piperidine rings is 1. The van der Waals surface area contributed by atoms with E-state index in [1.54, 1.807) is 0 Å². The second kappa shape index (κ2) is 7.94. The lowest BCUT2D eigenvalue weighted by atomic mass is 9.93. The number of nitrogens with zero attached hydrogens (tertiary/aromatic N) is 1. The van der Waals surface area contributed by atoms with Crippen LogP contribution in [0.15, 0.2) is 54.6 Å². The highest BCUT2D eigenvalue weighted by atomic mass is 16.3. The number of ketones is 1. The van der Waals surface area contributed by atoms with E-state index in [2.05, 4.69) is 36.9 Å². The molecule has 132 valence electrons. The van der Waals surface area contributed by atoms with E-state index >= 15 is 0 Å². The lowest BCUT2D eigenvalue weighted by molar-refractivity contribution is -0.122. The molecule has 2 atom stereocenters. The summed E-state index contributed by atoms with van der Waals surface area (Å²) in [6, 6.07) is 18.9. The predicted octanol–water partition coefficient (Wildman–Crippen LogP) is 3.70. The Morgan fingerprint density at radius 3 is 2.28 bits per heavy atom. The van der Waals surface area contributed by atoms with Crippen molar-refractivity contribution < 1.29 is 9.90 Å². The summed E-state index contributed by atoms with van der Waals surface area (Å²) in [5.41, 5.74) is 3.36. The number of benzene rings is 2. The van der Waals surface area contributed by atoms with E-state index in [-0.39, 0.29) is 24.0 Å². The molecule has 3 nitrogen and oxygen atoms in total. The van der Waals surface area contributed by atoms with Crippen LogP contribution in [-0.4, -0.2) is 40.5 Å². The number of rotatable bonds is 5. The van der Waals surface area contributed by atoms with Gasteiger partial charge < -0.3 is 5.11 Å². The summed E-state index contributed by atoms with van der Waals surface area (Å²) in [6.07, 6.45) is 1.70. The van der Waals surface area contributed by atoms with Crippen LogP contribution >= 0.6 is 0 Å². The van der Waals surface area contributed by atoms with E-state index in [0.29, 0.717) is 13.0 Å². The number of carbonyl (C=O) groups is 1. The van der Waals surface area contributed by atoms with Crippen LogP contribution in [0.5, 0.6) is 0 Å². The molecule has 0 bridgehead atoms. The number of hydrogen-bond acceptors (Lipinski definition) is 3. The van der Waals surface area contributed by atoms with Crippen LogP contribution in [0.25, 0.3) is 11.1 Å². The average Bonchev–Trinajstić information content (AvgIpc) is 2.59. The first-order chi connectivity index (χ1) is 12.0. The third kappa shape index (κ3) is 4.36. The topological polar surface area (TPSA) is 40.5 Å². The van der Waals surface area contributed by atoms with Gasteiger partial charge >= 0.3 is 0 Å². The molecule has 1 aliphatic heterocycles. The van der Waals surface area contributed by atoms with Crippen LogP contribution in [0.1, 0.15) is 32.3 Å². The Morgan fingerprint density at radius 2 is 1.60 bits per heavy atom. The van der Waals surface area contributed by atoms with Crippen molar-refractivity contribution in [3.63, 3.8) is 0 Å². The summed E-state index contributed by atoms with van der Waals surface area (Å²) in [7, 11) is 0. The first kappa shape index (κ1) is 17.8. The van der Waals surface area contributed by atoms with Gasteiger partial charge in [-0.2, -0.15) is 0 Å². The van der Waals surface area contributed by atoms with Crippen molar-refractivity contribution in [3.05, 3.63) is 60.2 Å². The lowest BCUT2D eigenvalue weighted by Gasteiger charge is -2.40. The van der Waals surface area contributed by atoms with Gasteiger partial charge in [0, 0.05) is 18.5 Å². The summed E-state index contributed by atoms with van der Waals surface area (Å²) >= 11 is 0. The zero-order chi connectivity index (χ0) is 17.8. The molecule has 3 heteroatoms. The summed E-state index contributed by atoms with van der Waals surface area (Å²) < 4.78 is 0. The van der Waals surface area contributed by atoms with E-state index < -0.39 is 0 Å². The maximum Gasteiger partial charge on any atom is 0.151 e. The fourth-order valence-corrected chi connectivity index (χ4v) is 3.95. The molecule has 0 aliphatic carbocycles. The standard InChI is InChI=1S/C22H27NO2/c1-16-12-20(24)13-17(2)23(16)15-21(25)14-19-10-6-7-11-22(19)18-8-4-3-5-9-18/h3-11,16-17,20,24H,12-15H2,1-2H3. The van der Waals surface area contributed by atoms with Crippen molar-refractivity contribution in [3.8, 4) is 11.1 Å². The number of aliphatic hydroxyl groups is 1. The van der Waals surface area contributed by atoms with Gasteiger partial charge in [0.15, 0.2) is 5.78 Å². The highest BCUT2D eigenvalue weighted by Gasteiger charge is 2.30. The molecule has 2 aromatic carbocycles. The zero-order valence-corrected chi connectivity index (χ0v) is 15.1. The Balaban J connectivity index is 1.72. The third-order valence-corrected chi connectivity index (χ3v) is 5.21. The highest BCUT2D eigenvalue weighted by Crippen LogP contribution is 2.25. The van der Waals surface area contributed by atoms with Crippen LogP contribution < -0.4 is 0 Å². The molecule has 1 saturated heterocycles. The van der Waals surface area contributed by atoms with Crippen molar-refractivity contribution >= 4 is 5.78 Å². The Labute approximate surface area is 150 Å². The summed E-state index contributed by atoms with van der Waals surface area (Å²) in [4.78, 5) is 15.0. The average molecular weight is 337 g/mol. The minimum atomic E-state index is -0.241. The molecule has 0 aromatic heterocycles.